The van der Waals surface area contributed by atoms with Crippen LogP contribution in [0.2, 0.25) is 0 Å². The number of ether oxygens (including phenoxy) is 1. The average Bonchev–Trinajstić information content (AvgIpc) is 2.58. The molecule has 1 atom stereocenters. The number of likely N-dealkylation sites (tertiary alicyclic amines) is 1. The molecule has 1 aromatic carbocycles. The van der Waals surface area contributed by atoms with Crippen molar-refractivity contribution < 1.29 is 19.4 Å². The Kier molecular flexibility index (Phi) is 5.66. The topological polar surface area (TPSA) is 66.8 Å². The van der Waals surface area contributed by atoms with Crippen LogP contribution in [-0.2, 0) is 9.59 Å². The summed E-state index contributed by atoms with van der Waals surface area (Å²) < 4.78 is 5.75. The maximum atomic E-state index is 12.5. The van der Waals surface area contributed by atoms with E-state index in [0.29, 0.717) is 12.8 Å². The summed E-state index contributed by atoms with van der Waals surface area (Å²) in [4.78, 5) is 26.3. The van der Waals surface area contributed by atoms with Crippen LogP contribution >= 0.6 is 0 Å². The molecule has 2 aliphatic rings. The minimum Gasteiger partial charge on any atom is -0.490 e. The normalized spacial score (nSPS) is 21.1. The fourth-order valence-electron chi connectivity index (χ4n) is 4.36. The van der Waals surface area contributed by atoms with Gasteiger partial charge in [-0.2, -0.15) is 0 Å². The Hall–Kier alpha value is -1.88. The third-order valence-corrected chi connectivity index (χ3v) is 5.79. The average molecular weight is 359 g/mol. The maximum absolute atomic E-state index is 12.5. The second-order valence-corrected chi connectivity index (χ2v) is 8.00. The van der Waals surface area contributed by atoms with Gasteiger partial charge in [0.25, 0.3) is 0 Å². The van der Waals surface area contributed by atoms with Crippen molar-refractivity contribution in [1.29, 1.82) is 0 Å². The van der Waals surface area contributed by atoms with Gasteiger partial charge in [-0.3, -0.25) is 14.5 Å². The van der Waals surface area contributed by atoms with Crippen molar-refractivity contribution in [2.45, 2.75) is 64.9 Å². The standard InChI is InChI=1S/C21H29NO4/c1-15-7-6-8-16(2)20(15)26-14-17(23)13-22-18(24)11-21(12-19(22)25)9-4-3-5-10-21/h6-8,17,23H,3-5,9-14H2,1-2H3/t17-/m1/s1. The van der Waals surface area contributed by atoms with Crippen LogP contribution in [-0.4, -0.2) is 41.1 Å². The first-order chi connectivity index (χ1) is 12.4. The minimum absolute atomic E-state index is 0.0126. The minimum atomic E-state index is -0.887. The monoisotopic (exact) mass is 359 g/mol. The molecule has 1 aliphatic carbocycles. The van der Waals surface area contributed by atoms with Gasteiger partial charge in [0.15, 0.2) is 0 Å². The molecule has 26 heavy (non-hydrogen) atoms. The number of aryl methyl sites for hydroxylation is 2. The summed E-state index contributed by atoms with van der Waals surface area (Å²) in [5.74, 6) is 0.465. The van der Waals surface area contributed by atoms with Gasteiger partial charge in [0, 0.05) is 12.8 Å². The summed E-state index contributed by atoms with van der Waals surface area (Å²) in [5.41, 5.74) is 1.88. The quantitative estimate of drug-likeness (QED) is 0.820. The fraction of sp³-hybridized carbons (Fsp3) is 0.619. The molecule has 5 heteroatoms. The molecule has 1 aromatic rings. The van der Waals surface area contributed by atoms with Gasteiger partial charge in [0.2, 0.25) is 11.8 Å². The number of benzene rings is 1. The molecule has 5 nitrogen and oxygen atoms in total. The first kappa shape index (κ1) is 18.9. The molecule has 1 N–H and O–H groups in total. The Labute approximate surface area is 155 Å². The highest BCUT2D eigenvalue weighted by Crippen LogP contribution is 2.45. The van der Waals surface area contributed by atoms with Crippen LogP contribution in [0.25, 0.3) is 0 Å². The molecule has 1 aliphatic heterocycles. The van der Waals surface area contributed by atoms with Crippen molar-refractivity contribution in [3.8, 4) is 5.75 Å². The van der Waals surface area contributed by atoms with Gasteiger partial charge in [0.05, 0.1) is 6.54 Å². The molecule has 1 saturated carbocycles. The lowest BCUT2D eigenvalue weighted by molar-refractivity contribution is -0.156. The van der Waals surface area contributed by atoms with Crippen molar-refractivity contribution in [3.05, 3.63) is 29.3 Å². The Morgan fingerprint density at radius 3 is 2.23 bits per heavy atom. The number of para-hydroxylation sites is 1. The number of β-amino-alcohol motifs (C(OH)–C–C–N with tert-alkyl or cyclic N) is 1. The first-order valence-corrected chi connectivity index (χ1v) is 9.60. The summed E-state index contributed by atoms with van der Waals surface area (Å²) in [6.07, 6.45) is 5.32. The molecule has 1 heterocycles. The summed E-state index contributed by atoms with van der Waals surface area (Å²) in [5, 5.41) is 10.3. The molecule has 2 amide bonds. The lowest BCUT2D eigenvalue weighted by Crippen LogP contribution is -2.51. The lowest BCUT2D eigenvalue weighted by atomic mass is 9.67. The highest BCUT2D eigenvalue weighted by molar-refractivity contribution is 5.98. The van der Waals surface area contributed by atoms with Crippen LogP contribution < -0.4 is 4.74 Å². The van der Waals surface area contributed by atoms with Crippen LogP contribution in [0.1, 0.15) is 56.1 Å². The van der Waals surface area contributed by atoms with E-state index >= 15 is 0 Å². The number of nitrogens with zero attached hydrogens (tertiary/aromatic N) is 1. The molecule has 3 rings (SSSR count). The summed E-state index contributed by atoms with van der Waals surface area (Å²) in [7, 11) is 0. The van der Waals surface area contributed by atoms with Gasteiger partial charge in [-0.05, 0) is 43.2 Å². The molecule has 0 unspecified atom stereocenters. The highest BCUT2D eigenvalue weighted by Gasteiger charge is 2.44. The molecule has 0 aromatic heterocycles. The molecule has 0 radical (unpaired) electrons. The Balaban J connectivity index is 1.56. The number of carbonyl (C=O) groups excluding carboxylic acids is 2. The number of rotatable bonds is 5. The number of aliphatic hydroxyl groups excluding tert-OH is 1. The fourth-order valence-corrected chi connectivity index (χ4v) is 4.36. The van der Waals surface area contributed by atoms with Gasteiger partial charge in [-0.25, -0.2) is 0 Å². The first-order valence-electron chi connectivity index (χ1n) is 9.60. The smallest absolute Gasteiger partial charge is 0.229 e. The van der Waals surface area contributed by atoms with Gasteiger partial charge >= 0.3 is 0 Å². The van der Waals surface area contributed by atoms with Crippen molar-refractivity contribution in [2.24, 2.45) is 5.41 Å². The predicted molar refractivity (Wildman–Crippen MR) is 98.9 cm³/mol. The zero-order chi connectivity index (χ0) is 18.7. The van der Waals surface area contributed by atoms with Gasteiger partial charge < -0.3 is 9.84 Å². The van der Waals surface area contributed by atoms with E-state index in [1.54, 1.807) is 0 Å². The van der Waals surface area contributed by atoms with Gasteiger partial charge in [-0.1, -0.05) is 37.5 Å². The van der Waals surface area contributed by atoms with Crippen molar-refractivity contribution in [2.75, 3.05) is 13.2 Å². The van der Waals surface area contributed by atoms with Crippen LogP contribution in [0.4, 0.5) is 0 Å². The molecule has 142 valence electrons. The largest absolute Gasteiger partial charge is 0.490 e. The van der Waals surface area contributed by atoms with E-state index in [9.17, 15) is 14.7 Å². The van der Waals surface area contributed by atoms with E-state index in [4.69, 9.17) is 4.74 Å². The molecule has 1 saturated heterocycles. The Morgan fingerprint density at radius 1 is 1.08 bits per heavy atom. The van der Waals surface area contributed by atoms with E-state index in [1.807, 2.05) is 32.0 Å². The van der Waals surface area contributed by atoms with E-state index in [2.05, 4.69) is 0 Å². The third-order valence-electron chi connectivity index (χ3n) is 5.79. The van der Waals surface area contributed by atoms with Crippen LogP contribution in [0, 0.1) is 19.3 Å². The molecular weight excluding hydrogens is 330 g/mol. The van der Waals surface area contributed by atoms with Crippen LogP contribution in [0.5, 0.6) is 5.75 Å². The molecule has 0 bridgehead atoms. The zero-order valence-corrected chi connectivity index (χ0v) is 15.8. The van der Waals surface area contributed by atoms with Gasteiger partial charge in [-0.15, -0.1) is 0 Å². The summed E-state index contributed by atoms with van der Waals surface area (Å²) in [6, 6.07) is 5.87. The Bertz CT molecular complexity index is 638. The number of hydrogen-bond acceptors (Lipinski definition) is 4. The third kappa shape index (κ3) is 4.09. The number of imide groups is 1. The number of aliphatic hydroxyl groups is 1. The number of hydrogen-bond donors (Lipinski definition) is 1. The van der Waals surface area contributed by atoms with Crippen molar-refractivity contribution >= 4 is 11.8 Å². The van der Waals surface area contributed by atoms with E-state index in [1.165, 1.54) is 11.3 Å². The Morgan fingerprint density at radius 2 is 1.65 bits per heavy atom. The number of amides is 2. The van der Waals surface area contributed by atoms with E-state index in [-0.39, 0.29) is 30.4 Å². The number of carbonyl (C=O) groups is 2. The van der Waals surface area contributed by atoms with Crippen molar-refractivity contribution in [3.63, 3.8) is 0 Å². The number of piperidine rings is 1. The molecule has 2 fully saturated rings. The molecule has 1 spiro atoms. The highest BCUT2D eigenvalue weighted by atomic mass is 16.5. The van der Waals surface area contributed by atoms with E-state index < -0.39 is 6.10 Å². The van der Waals surface area contributed by atoms with Crippen molar-refractivity contribution in [1.82, 2.24) is 4.90 Å². The summed E-state index contributed by atoms with van der Waals surface area (Å²) >= 11 is 0. The predicted octanol–water partition coefficient (Wildman–Crippen LogP) is 3.14. The lowest BCUT2D eigenvalue weighted by Gasteiger charge is -2.42. The SMILES string of the molecule is Cc1cccc(C)c1OC[C@H](O)CN1C(=O)CC2(CCCCC2)CC1=O. The van der Waals surface area contributed by atoms with Gasteiger partial charge in [0.1, 0.15) is 18.5 Å². The maximum Gasteiger partial charge on any atom is 0.229 e. The summed E-state index contributed by atoms with van der Waals surface area (Å²) in [6.45, 7) is 3.98. The van der Waals surface area contributed by atoms with Crippen LogP contribution in [0.3, 0.4) is 0 Å². The second-order valence-electron chi connectivity index (χ2n) is 8.00. The molecular formula is C21H29NO4. The second kappa shape index (κ2) is 7.78. The van der Waals surface area contributed by atoms with Crippen LogP contribution in [0.15, 0.2) is 18.2 Å². The van der Waals surface area contributed by atoms with E-state index in [0.717, 1.165) is 42.6 Å². The zero-order valence-electron chi connectivity index (χ0n) is 15.8.